The van der Waals surface area contributed by atoms with Crippen LogP contribution in [0, 0.1) is 0 Å². The van der Waals surface area contributed by atoms with Gasteiger partial charge < -0.3 is 9.64 Å². The Kier molecular flexibility index (Phi) is 5.27. The minimum absolute atomic E-state index is 0.0418. The first-order chi connectivity index (χ1) is 11.5. The number of fused-ring (bicyclic) bond motifs is 1. The number of carbonyl (C=O) groups is 1. The number of thioether (sulfide) groups is 1. The van der Waals surface area contributed by atoms with Crippen molar-refractivity contribution < 1.29 is 17.9 Å². The molecule has 0 aromatic heterocycles. The van der Waals surface area contributed by atoms with Crippen LogP contribution in [0.2, 0.25) is 0 Å². The number of hydrogen-bond acceptors (Lipinski definition) is 5. The van der Waals surface area contributed by atoms with E-state index < -0.39 is 9.84 Å². The van der Waals surface area contributed by atoms with Crippen molar-refractivity contribution >= 4 is 32.7 Å². The van der Waals surface area contributed by atoms with Crippen LogP contribution < -0.4 is 0 Å². The molecule has 0 aliphatic carbocycles. The van der Waals surface area contributed by atoms with Gasteiger partial charge >= 0.3 is 0 Å². The molecule has 2 aliphatic heterocycles. The Morgan fingerprint density at radius 1 is 1.33 bits per heavy atom. The van der Waals surface area contributed by atoms with Crippen LogP contribution in [0.4, 0.5) is 0 Å². The lowest BCUT2D eigenvalue weighted by Gasteiger charge is -2.24. The first-order valence-corrected chi connectivity index (χ1v) is 10.5. The highest BCUT2D eigenvalue weighted by Gasteiger charge is 2.48. The summed E-state index contributed by atoms with van der Waals surface area (Å²) in [6.07, 6.45) is 0.780. The summed E-state index contributed by atoms with van der Waals surface area (Å²) in [6, 6.07) is 9.91. The van der Waals surface area contributed by atoms with Crippen molar-refractivity contribution in [1.82, 2.24) is 4.90 Å². The molecule has 0 N–H and O–H groups in total. The zero-order valence-electron chi connectivity index (χ0n) is 13.4. The van der Waals surface area contributed by atoms with E-state index in [-0.39, 0.29) is 35.3 Å². The van der Waals surface area contributed by atoms with Crippen LogP contribution in [0.25, 0.3) is 0 Å². The van der Waals surface area contributed by atoms with Gasteiger partial charge in [-0.15, -0.1) is 0 Å². The Bertz CT molecular complexity index is 734. The molecular formula is C16H20N2O4S2. The van der Waals surface area contributed by atoms with Gasteiger partial charge in [0.15, 0.2) is 15.0 Å². The first kappa shape index (κ1) is 17.4. The minimum atomic E-state index is -3.01. The largest absolute Gasteiger partial charge is 0.375 e. The fraction of sp³-hybridized carbons (Fsp3) is 0.500. The summed E-state index contributed by atoms with van der Waals surface area (Å²) in [5, 5.41) is 0.581. The standard InChI is InChI=1S/C16H20N2O4S2/c1-22-9-15(19)17-16-18(8-7-12-5-3-2-4-6-12)13-10-24(20,21)11-14(13)23-16/h2-6,13-14H,7-11H2,1H3/t13-,14-/m1/s1. The second kappa shape index (κ2) is 7.25. The number of rotatable bonds is 5. The second-order valence-corrected chi connectivity index (χ2v) is 9.31. The molecular weight excluding hydrogens is 348 g/mol. The molecule has 3 rings (SSSR count). The fourth-order valence-electron chi connectivity index (χ4n) is 3.05. The van der Waals surface area contributed by atoms with E-state index in [1.807, 2.05) is 35.2 Å². The van der Waals surface area contributed by atoms with Crippen LogP contribution in [-0.4, -0.2) is 67.5 Å². The van der Waals surface area contributed by atoms with Crippen LogP contribution in [0.5, 0.6) is 0 Å². The third-order valence-electron chi connectivity index (χ3n) is 4.15. The second-order valence-electron chi connectivity index (χ2n) is 5.95. The number of aliphatic imine (C=N–C) groups is 1. The number of sulfone groups is 1. The Labute approximate surface area is 146 Å². The maximum absolute atomic E-state index is 11.9. The maximum Gasteiger partial charge on any atom is 0.274 e. The Morgan fingerprint density at radius 3 is 2.79 bits per heavy atom. The van der Waals surface area contributed by atoms with Crippen molar-refractivity contribution in [3.63, 3.8) is 0 Å². The summed E-state index contributed by atoms with van der Waals surface area (Å²) in [4.78, 5) is 17.9. The summed E-state index contributed by atoms with van der Waals surface area (Å²) in [5.41, 5.74) is 1.18. The summed E-state index contributed by atoms with van der Waals surface area (Å²) in [6.45, 7) is 0.580. The van der Waals surface area contributed by atoms with Gasteiger partial charge in [-0.25, -0.2) is 8.42 Å². The van der Waals surface area contributed by atoms with E-state index >= 15 is 0 Å². The Hall–Kier alpha value is -1.38. The number of amides is 1. The highest BCUT2D eigenvalue weighted by atomic mass is 32.2. The van der Waals surface area contributed by atoms with Crippen molar-refractivity contribution in [3.8, 4) is 0 Å². The molecule has 0 radical (unpaired) electrons. The van der Waals surface area contributed by atoms with Crippen molar-refractivity contribution in [2.45, 2.75) is 17.7 Å². The van der Waals surface area contributed by atoms with Gasteiger partial charge in [0.1, 0.15) is 6.61 Å². The van der Waals surface area contributed by atoms with Crippen LogP contribution in [0.15, 0.2) is 35.3 Å². The molecule has 0 spiro atoms. The highest BCUT2D eigenvalue weighted by Crippen LogP contribution is 2.38. The number of ether oxygens (including phenoxy) is 1. The van der Waals surface area contributed by atoms with Gasteiger partial charge in [-0.1, -0.05) is 42.1 Å². The van der Waals surface area contributed by atoms with Gasteiger partial charge in [-0.05, 0) is 12.0 Å². The Morgan fingerprint density at radius 2 is 2.08 bits per heavy atom. The molecule has 2 heterocycles. The maximum atomic E-state index is 11.9. The molecule has 0 unspecified atom stereocenters. The zero-order chi connectivity index (χ0) is 17.2. The third kappa shape index (κ3) is 3.99. The summed E-state index contributed by atoms with van der Waals surface area (Å²) >= 11 is 1.40. The first-order valence-electron chi connectivity index (χ1n) is 7.76. The molecule has 2 saturated heterocycles. The average Bonchev–Trinajstić information content (AvgIpc) is 2.98. The highest BCUT2D eigenvalue weighted by molar-refractivity contribution is 8.15. The van der Waals surface area contributed by atoms with E-state index in [9.17, 15) is 13.2 Å². The molecule has 1 aromatic rings. The topological polar surface area (TPSA) is 76.0 Å². The van der Waals surface area contributed by atoms with Gasteiger partial charge in [-0.3, -0.25) is 4.79 Å². The lowest BCUT2D eigenvalue weighted by Crippen LogP contribution is -2.39. The van der Waals surface area contributed by atoms with Crippen molar-refractivity contribution in [2.75, 3.05) is 31.8 Å². The molecule has 0 bridgehead atoms. The van der Waals surface area contributed by atoms with E-state index in [0.717, 1.165) is 6.42 Å². The van der Waals surface area contributed by atoms with Crippen LogP contribution in [0.1, 0.15) is 5.56 Å². The van der Waals surface area contributed by atoms with Gasteiger partial charge in [0.05, 0.1) is 17.5 Å². The molecule has 24 heavy (non-hydrogen) atoms. The molecule has 2 atom stereocenters. The van der Waals surface area contributed by atoms with Gasteiger partial charge in [-0.2, -0.15) is 4.99 Å². The molecule has 2 fully saturated rings. The summed E-state index contributed by atoms with van der Waals surface area (Å²) in [5.74, 6) is -0.0500. The lowest BCUT2D eigenvalue weighted by atomic mass is 10.1. The molecule has 2 aliphatic rings. The molecule has 6 nitrogen and oxygen atoms in total. The predicted octanol–water partition coefficient (Wildman–Crippen LogP) is 0.973. The van der Waals surface area contributed by atoms with Crippen molar-refractivity contribution in [3.05, 3.63) is 35.9 Å². The third-order valence-corrected chi connectivity index (χ3v) is 7.39. The van der Waals surface area contributed by atoms with Crippen LogP contribution >= 0.6 is 11.8 Å². The predicted molar refractivity (Wildman–Crippen MR) is 95.0 cm³/mol. The number of hydrogen-bond donors (Lipinski definition) is 0. The molecule has 1 aromatic carbocycles. The van der Waals surface area contributed by atoms with E-state index in [1.165, 1.54) is 24.4 Å². The SMILES string of the molecule is COCC(=O)N=C1S[C@@H]2CS(=O)(=O)C[C@H]2N1CCc1ccccc1. The van der Waals surface area contributed by atoms with E-state index in [2.05, 4.69) is 4.99 Å². The van der Waals surface area contributed by atoms with Crippen LogP contribution in [0.3, 0.4) is 0 Å². The van der Waals surface area contributed by atoms with Gasteiger partial charge in [0, 0.05) is 18.9 Å². The summed E-state index contributed by atoms with van der Waals surface area (Å²) in [7, 11) is -1.56. The van der Waals surface area contributed by atoms with Crippen LogP contribution in [-0.2, 0) is 25.8 Å². The normalized spacial score (nSPS) is 26.7. The Balaban J connectivity index is 1.77. The van der Waals surface area contributed by atoms with Gasteiger partial charge in [0.2, 0.25) is 0 Å². The van der Waals surface area contributed by atoms with E-state index in [0.29, 0.717) is 11.7 Å². The molecule has 130 valence electrons. The minimum Gasteiger partial charge on any atom is -0.375 e. The number of methoxy groups -OCH3 is 1. The zero-order valence-corrected chi connectivity index (χ0v) is 15.1. The quantitative estimate of drug-likeness (QED) is 0.771. The van der Waals surface area contributed by atoms with Gasteiger partial charge in [0.25, 0.3) is 5.91 Å². The lowest BCUT2D eigenvalue weighted by molar-refractivity contribution is -0.121. The number of nitrogens with zero attached hydrogens (tertiary/aromatic N) is 2. The number of benzene rings is 1. The smallest absolute Gasteiger partial charge is 0.274 e. The van der Waals surface area contributed by atoms with E-state index in [4.69, 9.17) is 4.74 Å². The summed E-state index contributed by atoms with van der Waals surface area (Å²) < 4.78 is 28.7. The van der Waals surface area contributed by atoms with Crippen molar-refractivity contribution in [2.24, 2.45) is 4.99 Å². The fourth-order valence-corrected chi connectivity index (χ4v) is 7.05. The monoisotopic (exact) mass is 368 g/mol. The average molecular weight is 368 g/mol. The number of amidine groups is 1. The van der Waals surface area contributed by atoms with E-state index in [1.54, 1.807) is 0 Å². The molecule has 1 amide bonds. The number of carbonyl (C=O) groups excluding carboxylic acids is 1. The molecule has 8 heteroatoms. The molecule has 0 saturated carbocycles. The van der Waals surface area contributed by atoms with Crippen molar-refractivity contribution in [1.29, 1.82) is 0 Å².